The standard InChI is InChI=1S/C34H52N2O2/c1-5-6-7-8-9-10-11-12-13-14-23-34(29-35,31-19-16-21-33(28-31)38-4)24-17-25-36(2)26-22-30-18-15-20-32(27-30)37-3/h15-16,18-21,27-28H,5-14,17,22-26H2,1-4H3/i1D3,5D2,6D2,7D2,8D2,9D2,10D2,11D2,12D2,13D2,14D2,23D2. The first-order chi connectivity index (χ1) is 28.0. The van der Waals surface area contributed by atoms with Gasteiger partial charge in [0.2, 0.25) is 0 Å². The average Bonchev–Trinajstić information content (AvgIpc) is 3.17. The van der Waals surface area contributed by atoms with Gasteiger partial charge in [-0.2, -0.15) is 5.26 Å². The van der Waals surface area contributed by atoms with E-state index in [9.17, 15) is 8.00 Å². The number of benzene rings is 2. The summed E-state index contributed by atoms with van der Waals surface area (Å²) in [6.07, 6.45) is -51.2. The quantitative estimate of drug-likeness (QED) is 0.157. The molecule has 0 fully saturated rings. The van der Waals surface area contributed by atoms with E-state index in [2.05, 4.69) is 0 Å². The van der Waals surface area contributed by atoms with Gasteiger partial charge >= 0.3 is 0 Å². The molecule has 2 aromatic carbocycles. The summed E-state index contributed by atoms with van der Waals surface area (Å²) in [5.41, 5.74) is -2.15. The zero-order valence-corrected chi connectivity index (χ0v) is 21.9. The average molecular weight is 546 g/mol. The zero-order chi connectivity index (χ0) is 49.7. The summed E-state index contributed by atoms with van der Waals surface area (Å²) in [4.78, 5) is 1.81. The first kappa shape index (κ1) is 11.2. The van der Waals surface area contributed by atoms with Crippen LogP contribution in [0, 0.1) is 11.3 Å². The molecule has 4 heteroatoms. The van der Waals surface area contributed by atoms with Gasteiger partial charge in [-0.05, 0) is 74.6 Å². The van der Waals surface area contributed by atoms with Gasteiger partial charge in [0.05, 0.1) is 25.7 Å². The summed E-state index contributed by atoms with van der Waals surface area (Å²) in [5, 5.41) is 10.9. The normalized spacial score (nSPS) is 27.0. The van der Waals surface area contributed by atoms with Crippen LogP contribution in [0.1, 0.15) is 135 Å². The highest BCUT2D eigenvalue weighted by atomic mass is 16.5. The Labute approximate surface area is 268 Å². The van der Waals surface area contributed by atoms with Crippen LogP contribution in [0.25, 0.3) is 0 Å². The molecular formula is C34H52N2O2. The van der Waals surface area contributed by atoms with Gasteiger partial charge < -0.3 is 14.4 Å². The third-order valence-electron chi connectivity index (χ3n) is 5.60. The van der Waals surface area contributed by atoms with Gasteiger partial charge in [-0.3, -0.25) is 0 Å². The lowest BCUT2D eigenvalue weighted by Gasteiger charge is -2.29. The predicted molar refractivity (Wildman–Crippen MR) is 160 cm³/mol. The number of hydrogen-bond acceptors (Lipinski definition) is 4. The van der Waals surface area contributed by atoms with Crippen molar-refractivity contribution in [2.45, 2.75) is 102 Å². The van der Waals surface area contributed by atoms with Gasteiger partial charge in [-0.25, -0.2) is 0 Å². The van der Waals surface area contributed by atoms with E-state index < -0.39 is 88.8 Å². The topological polar surface area (TPSA) is 45.5 Å². The van der Waals surface area contributed by atoms with Gasteiger partial charge in [0, 0.05) is 40.8 Å². The Morgan fingerprint density at radius 2 is 1.50 bits per heavy atom. The summed E-state index contributed by atoms with van der Waals surface area (Å²) < 4.78 is 220. The monoisotopic (exact) mass is 546 g/mol. The Hall–Kier alpha value is -2.51. The maximum atomic E-state index is 10.9. The summed E-state index contributed by atoms with van der Waals surface area (Å²) in [6, 6.07) is 14.1. The fourth-order valence-corrected chi connectivity index (χ4v) is 3.58. The molecule has 0 saturated heterocycles. The number of nitrogens with zero attached hydrogens (tertiary/aromatic N) is 2. The highest BCUT2D eigenvalue weighted by Crippen LogP contribution is 2.36. The van der Waals surface area contributed by atoms with E-state index in [0.717, 1.165) is 11.6 Å². The van der Waals surface area contributed by atoms with Crippen molar-refractivity contribution in [2.24, 2.45) is 0 Å². The van der Waals surface area contributed by atoms with Crippen LogP contribution in [0.15, 0.2) is 48.5 Å². The molecule has 1 atom stereocenters. The van der Waals surface area contributed by atoms with Crippen LogP contribution >= 0.6 is 0 Å². The highest BCUT2D eigenvalue weighted by Gasteiger charge is 2.32. The van der Waals surface area contributed by atoms with Crippen molar-refractivity contribution in [3.8, 4) is 17.6 Å². The van der Waals surface area contributed by atoms with Gasteiger partial charge in [0.15, 0.2) is 0 Å². The molecule has 0 N–H and O–H groups in total. The van der Waals surface area contributed by atoms with E-state index in [0.29, 0.717) is 18.7 Å². The SMILES string of the molecule is [2H]C([2H])([2H])C([2H])([2H])C([2H])([2H])C([2H])([2H])C([2H])([2H])C([2H])([2H])C([2H])([2H])C([2H])([2H])C([2H])([2H])C([2H])([2H])C([2H])([2H])C([2H])([2H])C(C#N)(CCCN(C)CCc1cccc(OC)c1)c1cccc(OC)c1. The molecule has 1 unspecified atom stereocenters. The van der Waals surface area contributed by atoms with Crippen molar-refractivity contribution in [1.82, 2.24) is 4.90 Å². The lowest BCUT2D eigenvalue weighted by molar-refractivity contribution is 0.309. The highest BCUT2D eigenvalue weighted by molar-refractivity contribution is 5.38. The van der Waals surface area contributed by atoms with Crippen molar-refractivity contribution in [2.75, 3.05) is 34.4 Å². The van der Waals surface area contributed by atoms with Crippen molar-refractivity contribution < 1.29 is 43.7 Å². The van der Waals surface area contributed by atoms with Gasteiger partial charge in [-0.15, -0.1) is 0 Å². The van der Waals surface area contributed by atoms with Gasteiger partial charge in [-0.1, -0.05) is 94.8 Å². The molecule has 210 valence electrons. The van der Waals surface area contributed by atoms with Crippen molar-refractivity contribution in [3.63, 3.8) is 0 Å². The second-order valence-corrected chi connectivity index (χ2v) is 8.13. The Balaban J connectivity index is 2.76. The summed E-state index contributed by atoms with van der Waals surface area (Å²) in [6.45, 7) is -3.47. The van der Waals surface area contributed by atoms with E-state index in [4.69, 9.17) is 41.0 Å². The zero-order valence-electron chi connectivity index (χ0n) is 46.9. The predicted octanol–water partition coefficient (Wildman–Crippen LogP) is 8.73. The van der Waals surface area contributed by atoms with E-state index in [1.54, 1.807) is 25.2 Å². The molecule has 2 aromatic rings. The molecule has 0 aliphatic rings. The maximum Gasteiger partial charge on any atom is 0.119 e. The summed E-state index contributed by atoms with van der Waals surface area (Å²) in [7, 11) is 4.45. The smallest absolute Gasteiger partial charge is 0.119 e. The molecule has 0 aliphatic heterocycles. The molecule has 4 nitrogen and oxygen atoms in total. The third-order valence-corrected chi connectivity index (χ3v) is 5.60. The summed E-state index contributed by atoms with van der Waals surface area (Å²) in [5.74, 6) is 0.660. The number of likely N-dealkylation sites (N-methyl/N-ethyl adjacent to an activating group) is 1. The molecule has 0 spiro atoms. The van der Waals surface area contributed by atoms with Crippen molar-refractivity contribution in [1.29, 1.82) is 5.26 Å². The Kier molecular flexibility index (Phi) is 5.49. The molecule has 0 radical (unpaired) electrons. The lowest BCUT2D eigenvalue weighted by Crippen LogP contribution is -2.28. The van der Waals surface area contributed by atoms with E-state index in [1.165, 1.54) is 32.4 Å². The van der Waals surface area contributed by atoms with Crippen LogP contribution in [-0.4, -0.2) is 39.3 Å². The van der Waals surface area contributed by atoms with Crippen LogP contribution in [0.5, 0.6) is 11.5 Å². The molecule has 0 saturated carbocycles. The molecule has 0 heterocycles. The van der Waals surface area contributed by atoms with E-state index in [-0.39, 0.29) is 24.3 Å². The van der Waals surface area contributed by atoms with Gasteiger partial charge in [0.25, 0.3) is 0 Å². The minimum absolute atomic E-state index is 0.0365. The molecular weight excluding hydrogens is 468 g/mol. The second-order valence-electron chi connectivity index (χ2n) is 8.13. The third kappa shape index (κ3) is 11.5. The van der Waals surface area contributed by atoms with Gasteiger partial charge in [0.1, 0.15) is 11.5 Å². The summed E-state index contributed by atoms with van der Waals surface area (Å²) >= 11 is 0. The Bertz CT molecular complexity index is 1940. The lowest BCUT2D eigenvalue weighted by atomic mass is 9.74. The number of rotatable bonds is 21. The maximum absolute atomic E-state index is 10.9. The van der Waals surface area contributed by atoms with E-state index >= 15 is 0 Å². The molecule has 0 bridgehead atoms. The number of hydrogen-bond donors (Lipinski definition) is 0. The second kappa shape index (κ2) is 18.7. The number of nitriles is 1. The fourth-order valence-electron chi connectivity index (χ4n) is 3.58. The fraction of sp³-hybridized carbons (Fsp3) is 0.618. The Morgan fingerprint density at radius 1 is 0.868 bits per heavy atom. The molecule has 0 amide bonds. The van der Waals surface area contributed by atoms with E-state index in [1.807, 2.05) is 17.0 Å². The minimum atomic E-state index is -4.92. The largest absolute Gasteiger partial charge is 0.497 e. The van der Waals surface area contributed by atoms with Crippen molar-refractivity contribution >= 4 is 0 Å². The minimum Gasteiger partial charge on any atom is -0.497 e. The van der Waals surface area contributed by atoms with Crippen LogP contribution < -0.4 is 9.47 Å². The van der Waals surface area contributed by atoms with Crippen molar-refractivity contribution in [3.05, 3.63) is 59.7 Å². The molecule has 0 aliphatic carbocycles. The van der Waals surface area contributed by atoms with Crippen LogP contribution in [-0.2, 0) is 11.8 Å². The van der Waals surface area contributed by atoms with Crippen LogP contribution in [0.3, 0.4) is 0 Å². The number of ether oxygens (including phenoxy) is 2. The molecule has 0 aromatic heterocycles. The molecule has 38 heavy (non-hydrogen) atoms. The first-order valence-electron chi connectivity index (χ1n) is 24.4. The van der Waals surface area contributed by atoms with Crippen LogP contribution in [0.4, 0.5) is 0 Å². The first-order valence-corrected chi connectivity index (χ1v) is 11.9. The molecule has 2 rings (SSSR count). The number of methoxy groups -OCH3 is 2. The Morgan fingerprint density at radius 3 is 2.16 bits per heavy atom. The van der Waals surface area contributed by atoms with Crippen LogP contribution in [0.2, 0.25) is 0 Å².